The van der Waals surface area contributed by atoms with Gasteiger partial charge in [-0.05, 0) is 12.5 Å². The van der Waals surface area contributed by atoms with E-state index in [0.717, 1.165) is 5.56 Å². The van der Waals surface area contributed by atoms with Crippen molar-refractivity contribution >= 4 is 11.4 Å². The molecule has 0 aliphatic carbocycles. The van der Waals surface area contributed by atoms with Crippen LogP contribution in [0.3, 0.4) is 0 Å². The van der Waals surface area contributed by atoms with Crippen LogP contribution in [0.1, 0.15) is 12.5 Å². The number of hydrogen-bond acceptors (Lipinski definition) is 6. The minimum Gasteiger partial charge on any atom is -0.380 e. The van der Waals surface area contributed by atoms with Crippen LogP contribution < -0.4 is 5.32 Å². The van der Waals surface area contributed by atoms with Gasteiger partial charge < -0.3 is 10.1 Å². The lowest BCUT2D eigenvalue weighted by atomic mass is 10.1. The van der Waals surface area contributed by atoms with Crippen LogP contribution in [0.4, 0.5) is 11.4 Å². The second-order valence-corrected chi connectivity index (χ2v) is 4.82. The van der Waals surface area contributed by atoms with Crippen molar-refractivity contribution in [3.8, 4) is 6.07 Å². The quantitative estimate of drug-likeness (QED) is 0.656. The molecule has 0 spiro atoms. The van der Waals surface area contributed by atoms with Crippen molar-refractivity contribution in [1.29, 1.82) is 5.26 Å². The average Bonchev–Trinajstić information content (AvgIpc) is 2.49. The molecule has 1 N–H and O–H groups in total. The van der Waals surface area contributed by atoms with E-state index in [9.17, 15) is 10.1 Å². The number of para-hydroxylation sites is 1. The minimum atomic E-state index is -0.431. The highest BCUT2D eigenvalue weighted by Gasteiger charge is 2.23. The molecular weight excluding hydrogens is 272 g/mol. The molecule has 0 radical (unpaired) electrons. The molecule has 1 fully saturated rings. The Morgan fingerprint density at radius 2 is 2.43 bits per heavy atom. The third-order valence-corrected chi connectivity index (χ3v) is 3.37. The van der Waals surface area contributed by atoms with Crippen LogP contribution in [-0.4, -0.2) is 42.2 Å². The molecule has 21 heavy (non-hydrogen) atoms. The van der Waals surface area contributed by atoms with E-state index in [4.69, 9.17) is 10.00 Å². The van der Waals surface area contributed by atoms with Gasteiger partial charge in [-0.1, -0.05) is 12.1 Å². The zero-order chi connectivity index (χ0) is 15.2. The van der Waals surface area contributed by atoms with Crippen molar-refractivity contribution in [3.63, 3.8) is 0 Å². The number of nitriles is 1. The first-order chi connectivity index (χ1) is 10.2. The number of morpholine rings is 1. The molecule has 0 bridgehead atoms. The first-order valence-electron chi connectivity index (χ1n) is 6.89. The molecule has 0 amide bonds. The Kier molecular flexibility index (Phi) is 5.09. The third-order valence-electron chi connectivity index (χ3n) is 3.37. The monoisotopic (exact) mass is 290 g/mol. The minimum absolute atomic E-state index is 0.0828. The summed E-state index contributed by atoms with van der Waals surface area (Å²) in [5.41, 5.74) is 1.51. The number of benzene rings is 1. The van der Waals surface area contributed by atoms with Crippen LogP contribution >= 0.6 is 0 Å². The SMILES string of the molecule is CCNc1c(CN2CCOC(C#N)C2)cccc1[N+](=O)[O-]. The number of ether oxygens (including phenoxy) is 1. The molecule has 7 nitrogen and oxygen atoms in total. The van der Waals surface area contributed by atoms with Gasteiger partial charge >= 0.3 is 0 Å². The van der Waals surface area contributed by atoms with Crippen LogP contribution in [0.5, 0.6) is 0 Å². The Balaban J connectivity index is 2.21. The van der Waals surface area contributed by atoms with Gasteiger partial charge in [-0.2, -0.15) is 5.26 Å². The van der Waals surface area contributed by atoms with Crippen molar-refractivity contribution in [2.75, 3.05) is 31.6 Å². The number of hydrogen-bond donors (Lipinski definition) is 1. The predicted octanol–water partition coefficient (Wildman–Crippen LogP) is 1.75. The highest BCUT2D eigenvalue weighted by Crippen LogP contribution is 2.29. The van der Waals surface area contributed by atoms with Gasteiger partial charge in [-0.15, -0.1) is 0 Å². The van der Waals surface area contributed by atoms with Crippen LogP contribution in [0, 0.1) is 21.4 Å². The van der Waals surface area contributed by atoms with Crippen LogP contribution in [-0.2, 0) is 11.3 Å². The zero-order valence-corrected chi connectivity index (χ0v) is 11.9. The summed E-state index contributed by atoms with van der Waals surface area (Å²) in [5, 5.41) is 23.1. The molecule has 0 aromatic heterocycles. The number of nitrogens with zero attached hydrogens (tertiary/aromatic N) is 3. The predicted molar refractivity (Wildman–Crippen MR) is 77.9 cm³/mol. The van der Waals surface area contributed by atoms with Crippen LogP contribution in [0.25, 0.3) is 0 Å². The molecule has 1 aromatic rings. The van der Waals surface area contributed by atoms with E-state index in [1.54, 1.807) is 6.07 Å². The average molecular weight is 290 g/mol. The van der Waals surface area contributed by atoms with Crippen molar-refractivity contribution in [1.82, 2.24) is 4.90 Å². The summed E-state index contributed by atoms with van der Waals surface area (Å²) in [7, 11) is 0. The van der Waals surface area contributed by atoms with Crippen LogP contribution in [0.2, 0.25) is 0 Å². The molecule has 0 saturated carbocycles. The van der Waals surface area contributed by atoms with Gasteiger partial charge in [-0.3, -0.25) is 15.0 Å². The maximum Gasteiger partial charge on any atom is 0.292 e. The van der Waals surface area contributed by atoms with Gasteiger partial charge in [0.05, 0.1) is 17.6 Å². The Morgan fingerprint density at radius 3 is 3.10 bits per heavy atom. The molecule has 1 aliphatic heterocycles. The zero-order valence-electron chi connectivity index (χ0n) is 11.9. The topological polar surface area (TPSA) is 91.4 Å². The second kappa shape index (κ2) is 7.02. The molecular formula is C14H18N4O3. The smallest absolute Gasteiger partial charge is 0.292 e. The Hall–Kier alpha value is -2.17. The molecule has 1 unspecified atom stereocenters. The third kappa shape index (κ3) is 3.68. The van der Waals surface area contributed by atoms with Gasteiger partial charge in [0.15, 0.2) is 6.10 Å². The van der Waals surface area contributed by atoms with E-state index < -0.39 is 6.10 Å². The molecule has 1 aromatic carbocycles. The van der Waals surface area contributed by atoms with E-state index in [0.29, 0.717) is 38.5 Å². The highest BCUT2D eigenvalue weighted by atomic mass is 16.6. The van der Waals surface area contributed by atoms with E-state index in [-0.39, 0.29) is 10.6 Å². The fourth-order valence-corrected chi connectivity index (χ4v) is 2.42. The molecule has 112 valence electrons. The number of anilines is 1. The number of rotatable bonds is 5. The summed E-state index contributed by atoms with van der Waals surface area (Å²) < 4.78 is 5.31. The number of nitro groups is 1. The van der Waals surface area contributed by atoms with Crippen molar-refractivity contribution in [3.05, 3.63) is 33.9 Å². The van der Waals surface area contributed by atoms with E-state index in [1.807, 2.05) is 13.0 Å². The van der Waals surface area contributed by atoms with Crippen molar-refractivity contribution in [2.45, 2.75) is 19.6 Å². The van der Waals surface area contributed by atoms with E-state index in [2.05, 4.69) is 16.3 Å². The van der Waals surface area contributed by atoms with Crippen LogP contribution in [0.15, 0.2) is 18.2 Å². The van der Waals surface area contributed by atoms with E-state index in [1.165, 1.54) is 6.07 Å². The molecule has 1 atom stereocenters. The maximum absolute atomic E-state index is 11.1. The summed E-state index contributed by atoms with van der Waals surface area (Å²) in [4.78, 5) is 12.8. The summed E-state index contributed by atoms with van der Waals surface area (Å²) in [6.45, 7) is 4.81. The molecule has 1 saturated heterocycles. The van der Waals surface area contributed by atoms with Crippen molar-refractivity contribution < 1.29 is 9.66 Å². The standard InChI is InChI=1S/C14H18N4O3/c1-2-16-14-11(4-3-5-13(14)18(19)20)9-17-6-7-21-12(8-15)10-17/h3-5,12,16H,2,6-7,9-10H2,1H3. The lowest BCUT2D eigenvalue weighted by Gasteiger charge is -2.30. The first kappa shape index (κ1) is 15.2. The fraction of sp³-hybridized carbons (Fsp3) is 0.500. The lowest BCUT2D eigenvalue weighted by Crippen LogP contribution is -2.41. The normalized spacial score (nSPS) is 19.0. The first-order valence-corrected chi connectivity index (χ1v) is 6.89. The highest BCUT2D eigenvalue weighted by molar-refractivity contribution is 5.66. The van der Waals surface area contributed by atoms with E-state index >= 15 is 0 Å². The van der Waals surface area contributed by atoms with Gasteiger partial charge in [-0.25, -0.2) is 0 Å². The largest absolute Gasteiger partial charge is 0.380 e. The van der Waals surface area contributed by atoms with Crippen molar-refractivity contribution in [2.24, 2.45) is 0 Å². The second-order valence-electron chi connectivity index (χ2n) is 4.82. The number of nitro benzene ring substituents is 1. The molecule has 1 aliphatic rings. The Morgan fingerprint density at radius 1 is 1.62 bits per heavy atom. The molecule has 7 heteroatoms. The van der Waals surface area contributed by atoms with Gasteiger partial charge in [0, 0.05) is 32.2 Å². The fourth-order valence-electron chi connectivity index (χ4n) is 2.42. The van der Waals surface area contributed by atoms with Gasteiger partial charge in [0.25, 0.3) is 5.69 Å². The number of nitrogens with one attached hydrogen (secondary N) is 1. The maximum atomic E-state index is 11.1. The summed E-state index contributed by atoms with van der Waals surface area (Å²) in [6, 6.07) is 7.17. The molecule has 2 rings (SSSR count). The summed E-state index contributed by atoms with van der Waals surface area (Å²) >= 11 is 0. The van der Waals surface area contributed by atoms with Gasteiger partial charge in [0.1, 0.15) is 5.69 Å². The Labute approximate surface area is 123 Å². The lowest BCUT2D eigenvalue weighted by molar-refractivity contribution is -0.384. The summed E-state index contributed by atoms with van der Waals surface area (Å²) in [5.74, 6) is 0. The summed E-state index contributed by atoms with van der Waals surface area (Å²) in [6.07, 6.45) is -0.431. The Bertz CT molecular complexity index is 556. The van der Waals surface area contributed by atoms with Gasteiger partial charge in [0.2, 0.25) is 0 Å². The molecule has 1 heterocycles.